The van der Waals surface area contributed by atoms with Crippen molar-refractivity contribution in [1.29, 1.82) is 0 Å². The van der Waals surface area contributed by atoms with E-state index < -0.39 is 5.97 Å². The van der Waals surface area contributed by atoms with Gasteiger partial charge in [0.15, 0.2) is 6.29 Å². The number of carbonyl (C=O) groups excluding carboxylic acids is 1. The SMILES string of the molecule is CCc1cc(-c2ccc(C(=O)O)cc2)cc(C=O)c1O. The molecule has 0 bridgehead atoms. The van der Waals surface area contributed by atoms with E-state index in [1.807, 2.05) is 6.92 Å². The first-order valence-corrected chi connectivity index (χ1v) is 6.21. The van der Waals surface area contributed by atoms with Crippen molar-refractivity contribution in [1.82, 2.24) is 0 Å². The molecule has 0 atom stereocenters. The molecule has 4 nitrogen and oxygen atoms in total. The standard InChI is InChI=1S/C16H14O4/c1-2-10-7-13(8-14(9-17)15(10)18)11-3-5-12(6-4-11)16(19)20/h3-9,18H,2H2,1H3,(H,19,20). The van der Waals surface area contributed by atoms with Gasteiger partial charge in [0.25, 0.3) is 0 Å². The van der Waals surface area contributed by atoms with E-state index in [0.29, 0.717) is 18.3 Å². The quantitative estimate of drug-likeness (QED) is 0.837. The van der Waals surface area contributed by atoms with Crippen LogP contribution in [0.2, 0.25) is 0 Å². The number of hydrogen-bond donors (Lipinski definition) is 2. The zero-order chi connectivity index (χ0) is 14.7. The number of benzene rings is 2. The fourth-order valence-corrected chi connectivity index (χ4v) is 2.05. The maximum Gasteiger partial charge on any atom is 0.335 e. The smallest absolute Gasteiger partial charge is 0.335 e. The molecule has 2 aromatic carbocycles. The second-order valence-electron chi connectivity index (χ2n) is 4.43. The van der Waals surface area contributed by atoms with Crippen molar-refractivity contribution < 1.29 is 19.8 Å². The van der Waals surface area contributed by atoms with Crippen LogP contribution in [0.5, 0.6) is 5.75 Å². The minimum Gasteiger partial charge on any atom is -0.507 e. The summed E-state index contributed by atoms with van der Waals surface area (Å²) >= 11 is 0. The molecule has 0 aromatic heterocycles. The van der Waals surface area contributed by atoms with Crippen molar-refractivity contribution in [2.75, 3.05) is 0 Å². The predicted molar refractivity (Wildman–Crippen MR) is 75.3 cm³/mol. The number of phenols is 1. The number of phenolic OH excluding ortho intramolecular Hbond substituents is 1. The number of carboxylic acid groups (broad SMARTS) is 1. The molecule has 4 heteroatoms. The van der Waals surface area contributed by atoms with E-state index in [1.54, 1.807) is 24.3 Å². The maximum atomic E-state index is 11.0. The van der Waals surface area contributed by atoms with E-state index in [4.69, 9.17) is 5.11 Å². The zero-order valence-corrected chi connectivity index (χ0v) is 11.0. The summed E-state index contributed by atoms with van der Waals surface area (Å²) in [6.07, 6.45) is 1.22. The zero-order valence-electron chi connectivity index (χ0n) is 11.0. The topological polar surface area (TPSA) is 74.6 Å². The highest BCUT2D eigenvalue weighted by Gasteiger charge is 2.10. The van der Waals surface area contributed by atoms with Crippen LogP contribution in [-0.2, 0) is 6.42 Å². The number of hydrogen-bond acceptors (Lipinski definition) is 3. The summed E-state index contributed by atoms with van der Waals surface area (Å²) < 4.78 is 0. The molecule has 102 valence electrons. The van der Waals surface area contributed by atoms with Gasteiger partial charge in [-0.15, -0.1) is 0 Å². The summed E-state index contributed by atoms with van der Waals surface area (Å²) in [5.41, 5.74) is 2.71. The van der Waals surface area contributed by atoms with Gasteiger partial charge in [0.05, 0.1) is 11.1 Å². The lowest BCUT2D eigenvalue weighted by Crippen LogP contribution is -1.95. The van der Waals surface area contributed by atoms with Crippen LogP contribution < -0.4 is 0 Å². The number of aldehydes is 1. The molecule has 2 aromatic rings. The lowest BCUT2D eigenvalue weighted by Gasteiger charge is -2.09. The summed E-state index contributed by atoms with van der Waals surface area (Å²) in [6.45, 7) is 1.89. The number of aryl methyl sites for hydroxylation is 1. The van der Waals surface area contributed by atoms with Crippen LogP contribution in [0.15, 0.2) is 36.4 Å². The third-order valence-corrected chi connectivity index (χ3v) is 3.19. The number of carboxylic acids is 1. The lowest BCUT2D eigenvalue weighted by atomic mass is 9.97. The molecule has 0 heterocycles. The number of carbonyl (C=O) groups is 2. The predicted octanol–water partition coefficient (Wildman–Crippen LogP) is 3.13. The molecule has 0 aliphatic carbocycles. The van der Waals surface area contributed by atoms with Crippen molar-refractivity contribution in [3.63, 3.8) is 0 Å². The Balaban J connectivity index is 2.51. The molecule has 0 amide bonds. The molecule has 0 fully saturated rings. The van der Waals surface area contributed by atoms with Crippen LogP contribution in [0, 0.1) is 0 Å². The summed E-state index contributed by atoms with van der Waals surface area (Å²) in [5, 5.41) is 18.7. The molecule has 0 aliphatic rings. The van der Waals surface area contributed by atoms with E-state index >= 15 is 0 Å². The Morgan fingerprint density at radius 3 is 2.30 bits per heavy atom. The number of rotatable bonds is 4. The summed E-state index contributed by atoms with van der Waals surface area (Å²) in [4.78, 5) is 21.8. The van der Waals surface area contributed by atoms with Crippen molar-refractivity contribution in [2.24, 2.45) is 0 Å². The first-order chi connectivity index (χ1) is 9.56. The second kappa shape index (κ2) is 5.57. The Kier molecular flexibility index (Phi) is 3.84. The van der Waals surface area contributed by atoms with Crippen molar-refractivity contribution in [3.8, 4) is 16.9 Å². The van der Waals surface area contributed by atoms with Gasteiger partial charge in [-0.05, 0) is 47.4 Å². The van der Waals surface area contributed by atoms with E-state index in [-0.39, 0.29) is 16.9 Å². The maximum absolute atomic E-state index is 11.0. The normalized spacial score (nSPS) is 10.2. The van der Waals surface area contributed by atoms with Gasteiger partial charge < -0.3 is 10.2 Å². The van der Waals surface area contributed by atoms with Gasteiger partial charge in [-0.3, -0.25) is 4.79 Å². The molecule has 0 spiro atoms. The van der Waals surface area contributed by atoms with Crippen LogP contribution >= 0.6 is 0 Å². The van der Waals surface area contributed by atoms with Gasteiger partial charge in [-0.25, -0.2) is 4.79 Å². The minimum atomic E-state index is -0.981. The molecule has 0 aliphatic heterocycles. The summed E-state index contributed by atoms with van der Waals surface area (Å²) in [5.74, 6) is -0.974. The molecule has 0 saturated carbocycles. The number of aromatic hydroxyl groups is 1. The molecule has 2 N–H and O–H groups in total. The summed E-state index contributed by atoms with van der Waals surface area (Å²) in [7, 11) is 0. The van der Waals surface area contributed by atoms with Crippen LogP contribution in [0.1, 0.15) is 33.2 Å². The Hall–Kier alpha value is -2.62. The number of aromatic carboxylic acids is 1. The van der Waals surface area contributed by atoms with E-state index in [9.17, 15) is 14.7 Å². The highest BCUT2D eigenvalue weighted by molar-refractivity contribution is 5.89. The van der Waals surface area contributed by atoms with E-state index in [0.717, 1.165) is 11.1 Å². The van der Waals surface area contributed by atoms with Gasteiger partial charge in [0.1, 0.15) is 5.75 Å². The average molecular weight is 270 g/mol. The Morgan fingerprint density at radius 2 is 1.80 bits per heavy atom. The van der Waals surface area contributed by atoms with Crippen molar-refractivity contribution in [2.45, 2.75) is 13.3 Å². The third-order valence-electron chi connectivity index (χ3n) is 3.19. The Bertz CT molecular complexity index is 657. The fraction of sp³-hybridized carbons (Fsp3) is 0.125. The molecular formula is C16H14O4. The Labute approximate surface area is 116 Å². The lowest BCUT2D eigenvalue weighted by molar-refractivity contribution is 0.0696. The highest BCUT2D eigenvalue weighted by Crippen LogP contribution is 2.29. The largest absolute Gasteiger partial charge is 0.507 e. The Morgan fingerprint density at radius 1 is 1.15 bits per heavy atom. The van der Waals surface area contributed by atoms with E-state index in [1.165, 1.54) is 12.1 Å². The van der Waals surface area contributed by atoms with Crippen LogP contribution in [0.25, 0.3) is 11.1 Å². The van der Waals surface area contributed by atoms with Crippen LogP contribution in [-0.4, -0.2) is 22.5 Å². The monoisotopic (exact) mass is 270 g/mol. The van der Waals surface area contributed by atoms with Gasteiger partial charge in [0, 0.05) is 0 Å². The molecule has 2 rings (SSSR count). The van der Waals surface area contributed by atoms with Crippen LogP contribution in [0.4, 0.5) is 0 Å². The molecule has 20 heavy (non-hydrogen) atoms. The summed E-state index contributed by atoms with van der Waals surface area (Å²) in [6, 6.07) is 9.79. The van der Waals surface area contributed by atoms with Gasteiger partial charge in [-0.1, -0.05) is 19.1 Å². The first kappa shape index (κ1) is 13.8. The van der Waals surface area contributed by atoms with Crippen molar-refractivity contribution >= 4 is 12.3 Å². The van der Waals surface area contributed by atoms with Crippen molar-refractivity contribution in [3.05, 3.63) is 53.1 Å². The third kappa shape index (κ3) is 2.54. The van der Waals surface area contributed by atoms with Crippen LogP contribution in [0.3, 0.4) is 0 Å². The minimum absolute atomic E-state index is 0.00778. The van der Waals surface area contributed by atoms with Gasteiger partial charge in [0.2, 0.25) is 0 Å². The van der Waals surface area contributed by atoms with Gasteiger partial charge >= 0.3 is 5.97 Å². The average Bonchev–Trinajstić information content (AvgIpc) is 2.47. The highest BCUT2D eigenvalue weighted by atomic mass is 16.4. The first-order valence-electron chi connectivity index (χ1n) is 6.21. The fourth-order valence-electron chi connectivity index (χ4n) is 2.05. The van der Waals surface area contributed by atoms with Gasteiger partial charge in [-0.2, -0.15) is 0 Å². The second-order valence-corrected chi connectivity index (χ2v) is 4.43. The molecule has 0 radical (unpaired) electrons. The molecular weight excluding hydrogens is 256 g/mol. The van der Waals surface area contributed by atoms with E-state index in [2.05, 4.69) is 0 Å². The molecule has 0 saturated heterocycles. The molecule has 0 unspecified atom stereocenters.